The van der Waals surface area contributed by atoms with Crippen LogP contribution in [-0.4, -0.2) is 21.0 Å². The Bertz CT molecular complexity index is 942. The molecule has 134 valence electrons. The Kier molecular flexibility index (Phi) is 4.66. The van der Waals surface area contributed by atoms with E-state index in [1.807, 2.05) is 0 Å². The quantitative estimate of drug-likeness (QED) is 0.763. The number of carbonyl (C=O) groups is 1. The van der Waals surface area contributed by atoms with E-state index in [9.17, 15) is 9.18 Å². The number of benzene rings is 1. The third kappa shape index (κ3) is 3.39. The van der Waals surface area contributed by atoms with Crippen LogP contribution in [0.1, 0.15) is 33.2 Å². The summed E-state index contributed by atoms with van der Waals surface area (Å²) in [7, 11) is 0. The number of nitrogens with zero attached hydrogens (tertiary/aromatic N) is 3. The maximum absolute atomic E-state index is 13.7. The molecule has 2 aromatic heterocycles. The number of hydrogen-bond donors (Lipinski definition) is 1. The molecular formula is C18H17FN4O3. The van der Waals surface area contributed by atoms with Gasteiger partial charge in [0.25, 0.3) is 5.91 Å². The molecular weight excluding hydrogens is 339 g/mol. The fraction of sp³-hybridized carbons (Fsp3) is 0.222. The molecule has 0 radical (unpaired) electrons. The molecule has 0 aliphatic heterocycles. The van der Waals surface area contributed by atoms with Gasteiger partial charge in [-0.25, -0.2) is 4.39 Å². The Morgan fingerprint density at radius 2 is 1.73 bits per heavy atom. The van der Waals surface area contributed by atoms with Gasteiger partial charge in [0.15, 0.2) is 11.6 Å². The van der Waals surface area contributed by atoms with Crippen LogP contribution in [0.25, 0.3) is 0 Å². The van der Waals surface area contributed by atoms with Gasteiger partial charge in [-0.2, -0.15) is 9.97 Å². The van der Waals surface area contributed by atoms with E-state index in [2.05, 4.69) is 20.4 Å². The SMILES string of the molecule is Cc1nc(Oc2ccccc2F)nc(C)c1NC(=O)c1c(C)noc1C. The standard InChI is InChI=1S/C18H17FN4O3/c1-9-15(12(4)26-23-9)17(24)22-16-10(2)20-18(21-11(16)3)25-14-8-6-5-7-13(14)19/h5-8H,1-4H3,(H,22,24). The number of halogens is 1. The minimum Gasteiger partial charge on any atom is -0.421 e. The van der Waals surface area contributed by atoms with Crippen LogP contribution in [0, 0.1) is 33.5 Å². The molecule has 0 atom stereocenters. The summed E-state index contributed by atoms with van der Waals surface area (Å²) in [5, 5.41) is 6.54. The summed E-state index contributed by atoms with van der Waals surface area (Å²) in [4.78, 5) is 20.9. The van der Waals surface area contributed by atoms with E-state index in [-0.39, 0.29) is 17.7 Å². The molecule has 0 fully saturated rings. The summed E-state index contributed by atoms with van der Waals surface area (Å²) < 4.78 is 24.1. The molecule has 2 heterocycles. The van der Waals surface area contributed by atoms with Crippen molar-refractivity contribution in [2.24, 2.45) is 0 Å². The van der Waals surface area contributed by atoms with Gasteiger partial charge in [-0.1, -0.05) is 17.3 Å². The van der Waals surface area contributed by atoms with E-state index in [0.29, 0.717) is 34.1 Å². The Morgan fingerprint density at radius 1 is 1.08 bits per heavy atom. The van der Waals surface area contributed by atoms with Gasteiger partial charge in [-0.3, -0.25) is 4.79 Å². The number of hydrogen-bond acceptors (Lipinski definition) is 6. The van der Waals surface area contributed by atoms with Gasteiger partial charge in [-0.05, 0) is 39.8 Å². The Balaban J connectivity index is 1.86. The molecule has 0 aliphatic rings. The van der Waals surface area contributed by atoms with Crippen molar-refractivity contribution in [1.82, 2.24) is 15.1 Å². The van der Waals surface area contributed by atoms with E-state index in [0.717, 1.165) is 0 Å². The first-order valence-electron chi connectivity index (χ1n) is 7.88. The van der Waals surface area contributed by atoms with Crippen LogP contribution in [-0.2, 0) is 0 Å². The zero-order chi connectivity index (χ0) is 18.8. The average Bonchev–Trinajstić information content (AvgIpc) is 2.92. The molecule has 0 saturated heterocycles. The Hall–Kier alpha value is -3.29. The summed E-state index contributed by atoms with van der Waals surface area (Å²) in [6.45, 7) is 6.75. The van der Waals surface area contributed by atoms with Gasteiger partial charge in [0.2, 0.25) is 0 Å². The van der Waals surface area contributed by atoms with Gasteiger partial charge in [0.1, 0.15) is 11.3 Å². The van der Waals surface area contributed by atoms with Crippen LogP contribution in [0.5, 0.6) is 11.8 Å². The highest BCUT2D eigenvalue weighted by Crippen LogP contribution is 2.26. The van der Waals surface area contributed by atoms with Gasteiger partial charge in [-0.15, -0.1) is 0 Å². The number of aryl methyl sites for hydroxylation is 4. The fourth-order valence-electron chi connectivity index (χ4n) is 2.52. The second-order valence-corrected chi connectivity index (χ2v) is 5.74. The van der Waals surface area contributed by atoms with Crippen molar-refractivity contribution in [2.75, 3.05) is 5.32 Å². The van der Waals surface area contributed by atoms with Gasteiger partial charge >= 0.3 is 6.01 Å². The van der Waals surface area contributed by atoms with Gasteiger partial charge in [0, 0.05) is 0 Å². The maximum Gasteiger partial charge on any atom is 0.322 e. The monoisotopic (exact) mass is 356 g/mol. The van der Waals surface area contributed by atoms with E-state index >= 15 is 0 Å². The lowest BCUT2D eigenvalue weighted by atomic mass is 10.2. The summed E-state index contributed by atoms with van der Waals surface area (Å²) in [6, 6.07) is 5.98. The zero-order valence-corrected chi connectivity index (χ0v) is 14.8. The Labute approximate surface area is 149 Å². The van der Waals surface area contributed by atoms with Crippen molar-refractivity contribution in [1.29, 1.82) is 0 Å². The molecule has 0 bridgehead atoms. The molecule has 3 aromatic rings. The fourth-order valence-corrected chi connectivity index (χ4v) is 2.52. The van der Waals surface area contributed by atoms with E-state index in [1.165, 1.54) is 12.1 Å². The Morgan fingerprint density at radius 3 is 2.31 bits per heavy atom. The molecule has 7 nitrogen and oxygen atoms in total. The number of aromatic nitrogens is 3. The summed E-state index contributed by atoms with van der Waals surface area (Å²) >= 11 is 0. The van der Waals surface area contributed by atoms with Crippen molar-refractivity contribution < 1.29 is 18.4 Å². The summed E-state index contributed by atoms with van der Waals surface area (Å²) in [5.41, 5.74) is 2.30. The van der Waals surface area contributed by atoms with Crippen molar-refractivity contribution in [2.45, 2.75) is 27.7 Å². The lowest BCUT2D eigenvalue weighted by Crippen LogP contribution is -2.16. The summed E-state index contributed by atoms with van der Waals surface area (Å²) in [6.07, 6.45) is 0. The van der Waals surface area contributed by atoms with Crippen molar-refractivity contribution >= 4 is 11.6 Å². The van der Waals surface area contributed by atoms with Gasteiger partial charge < -0.3 is 14.6 Å². The highest BCUT2D eigenvalue weighted by atomic mass is 19.1. The third-order valence-corrected chi connectivity index (χ3v) is 3.79. The normalized spacial score (nSPS) is 10.7. The maximum atomic E-state index is 13.7. The number of nitrogens with one attached hydrogen (secondary N) is 1. The molecule has 0 saturated carbocycles. The number of para-hydroxylation sites is 1. The van der Waals surface area contributed by atoms with Crippen LogP contribution >= 0.6 is 0 Å². The number of rotatable bonds is 4. The van der Waals surface area contributed by atoms with Crippen molar-refractivity contribution in [3.8, 4) is 11.8 Å². The first-order valence-corrected chi connectivity index (χ1v) is 7.88. The van der Waals surface area contributed by atoms with E-state index < -0.39 is 5.82 Å². The topological polar surface area (TPSA) is 90.1 Å². The minimum atomic E-state index is -0.512. The molecule has 3 rings (SSSR count). The predicted octanol–water partition coefficient (Wildman–Crippen LogP) is 3.88. The smallest absolute Gasteiger partial charge is 0.322 e. The molecule has 0 unspecified atom stereocenters. The highest BCUT2D eigenvalue weighted by molar-refractivity contribution is 6.06. The number of carbonyl (C=O) groups excluding carboxylic acids is 1. The minimum absolute atomic E-state index is 0.000405. The highest BCUT2D eigenvalue weighted by Gasteiger charge is 2.20. The van der Waals surface area contributed by atoms with E-state index in [1.54, 1.807) is 39.8 Å². The molecule has 1 aromatic carbocycles. The third-order valence-electron chi connectivity index (χ3n) is 3.79. The van der Waals surface area contributed by atoms with Crippen LogP contribution in [0.4, 0.5) is 10.1 Å². The average molecular weight is 356 g/mol. The molecule has 0 spiro atoms. The predicted molar refractivity (Wildman–Crippen MR) is 91.9 cm³/mol. The number of amides is 1. The molecule has 1 N–H and O–H groups in total. The molecule has 26 heavy (non-hydrogen) atoms. The van der Waals surface area contributed by atoms with Crippen LogP contribution in [0.2, 0.25) is 0 Å². The van der Waals surface area contributed by atoms with Crippen LogP contribution in [0.15, 0.2) is 28.8 Å². The largest absolute Gasteiger partial charge is 0.421 e. The zero-order valence-electron chi connectivity index (χ0n) is 14.8. The van der Waals surface area contributed by atoms with Crippen LogP contribution < -0.4 is 10.1 Å². The number of anilines is 1. The van der Waals surface area contributed by atoms with E-state index in [4.69, 9.17) is 9.26 Å². The molecule has 0 aliphatic carbocycles. The summed E-state index contributed by atoms with van der Waals surface area (Å²) in [5.74, 6) is -0.421. The van der Waals surface area contributed by atoms with Crippen LogP contribution in [0.3, 0.4) is 0 Å². The second-order valence-electron chi connectivity index (χ2n) is 5.74. The second kappa shape index (κ2) is 6.91. The number of ether oxygens (including phenoxy) is 1. The van der Waals surface area contributed by atoms with Crippen molar-refractivity contribution in [3.05, 3.63) is 58.5 Å². The first-order chi connectivity index (χ1) is 12.4. The lowest BCUT2D eigenvalue weighted by molar-refractivity contribution is 0.102. The molecule has 8 heteroatoms. The molecule has 1 amide bonds. The van der Waals surface area contributed by atoms with Gasteiger partial charge in [0.05, 0.1) is 22.8 Å². The van der Waals surface area contributed by atoms with Crippen molar-refractivity contribution in [3.63, 3.8) is 0 Å². The first kappa shape index (κ1) is 17.5. The lowest BCUT2D eigenvalue weighted by Gasteiger charge is -2.12.